The van der Waals surface area contributed by atoms with Gasteiger partial charge in [0, 0.05) is 12.6 Å². The van der Waals surface area contributed by atoms with Gasteiger partial charge in [0.05, 0.1) is 8.95 Å². The van der Waals surface area contributed by atoms with Crippen molar-refractivity contribution in [3.8, 4) is 5.75 Å². The molecule has 2 nitrogen and oxygen atoms in total. The summed E-state index contributed by atoms with van der Waals surface area (Å²) in [5.74, 6) is 0.914. The Hall–Kier alpha value is -0.320. The van der Waals surface area contributed by atoms with Crippen LogP contribution in [0.3, 0.4) is 0 Å². The molecule has 1 atom stereocenters. The summed E-state index contributed by atoms with van der Waals surface area (Å²) in [6.45, 7) is 0.922. The normalized spacial score (nSPS) is 22.0. The van der Waals surface area contributed by atoms with Gasteiger partial charge in [-0.05, 0) is 87.7 Å². The highest BCUT2D eigenvalue weighted by Gasteiger charge is 2.20. The molecule has 1 N–H and O–H groups in total. The molecule has 1 aromatic rings. The van der Waals surface area contributed by atoms with E-state index < -0.39 is 0 Å². The molecule has 20 heavy (non-hydrogen) atoms. The zero-order valence-electron chi connectivity index (χ0n) is 11.4. The lowest BCUT2D eigenvalue weighted by atomic mass is 10.1. The van der Waals surface area contributed by atoms with Crippen molar-refractivity contribution in [2.45, 2.75) is 50.8 Å². The molecule has 0 aromatic heterocycles. The molecule has 0 amide bonds. The molecule has 3 rings (SSSR count). The Balaban J connectivity index is 1.69. The number of hydrogen-bond donors (Lipinski definition) is 1. The fourth-order valence-electron chi connectivity index (χ4n) is 2.41. The molecule has 0 radical (unpaired) electrons. The van der Waals surface area contributed by atoms with Crippen LogP contribution >= 0.6 is 31.9 Å². The van der Waals surface area contributed by atoms with Gasteiger partial charge >= 0.3 is 0 Å². The molecule has 1 saturated carbocycles. The zero-order chi connectivity index (χ0) is 13.9. The molecule has 1 aromatic carbocycles. The average Bonchev–Trinajstić information content (AvgIpc) is 3.26. The van der Waals surface area contributed by atoms with E-state index in [4.69, 9.17) is 4.74 Å². The van der Waals surface area contributed by atoms with E-state index in [1.165, 1.54) is 31.2 Å². The molecule has 4 heteroatoms. The molecule has 2 aliphatic rings. The zero-order valence-corrected chi connectivity index (χ0v) is 14.5. The molecular weight excluding hydrogens is 382 g/mol. The Morgan fingerprint density at radius 1 is 1.15 bits per heavy atom. The van der Waals surface area contributed by atoms with Gasteiger partial charge < -0.3 is 10.1 Å². The SMILES string of the molecule is Brc1cc(CNC2CC2)cc(Br)c1OC1C=CCCC1. The first-order chi connectivity index (χ1) is 9.72. The molecule has 2 aliphatic carbocycles. The van der Waals surface area contributed by atoms with Crippen molar-refractivity contribution in [1.29, 1.82) is 0 Å². The van der Waals surface area contributed by atoms with Crippen LogP contribution in [0.15, 0.2) is 33.2 Å². The van der Waals surface area contributed by atoms with E-state index in [9.17, 15) is 0 Å². The van der Waals surface area contributed by atoms with Gasteiger partial charge in [-0.15, -0.1) is 0 Å². The monoisotopic (exact) mass is 399 g/mol. The molecule has 0 heterocycles. The van der Waals surface area contributed by atoms with Crippen molar-refractivity contribution < 1.29 is 4.74 Å². The summed E-state index contributed by atoms with van der Waals surface area (Å²) in [6, 6.07) is 5.04. The van der Waals surface area contributed by atoms with Crippen LogP contribution in [-0.4, -0.2) is 12.1 Å². The topological polar surface area (TPSA) is 21.3 Å². The van der Waals surface area contributed by atoms with E-state index in [1.54, 1.807) is 0 Å². The van der Waals surface area contributed by atoms with Crippen LogP contribution < -0.4 is 10.1 Å². The fourth-order valence-corrected chi connectivity index (χ4v) is 3.88. The second kappa shape index (κ2) is 6.63. The van der Waals surface area contributed by atoms with Crippen molar-refractivity contribution in [3.63, 3.8) is 0 Å². The van der Waals surface area contributed by atoms with E-state index >= 15 is 0 Å². The summed E-state index contributed by atoms with van der Waals surface area (Å²) >= 11 is 7.28. The van der Waals surface area contributed by atoms with Crippen molar-refractivity contribution in [2.75, 3.05) is 0 Å². The summed E-state index contributed by atoms with van der Waals surface area (Å²) in [5, 5.41) is 3.53. The molecular formula is C16H19Br2NO. The summed E-state index contributed by atoms with van der Waals surface area (Å²) in [6.07, 6.45) is 10.7. The number of allylic oxidation sites excluding steroid dienone is 1. The van der Waals surface area contributed by atoms with Gasteiger partial charge in [-0.1, -0.05) is 6.08 Å². The molecule has 0 aliphatic heterocycles. The summed E-state index contributed by atoms with van der Waals surface area (Å²) in [7, 11) is 0. The second-order valence-electron chi connectivity index (χ2n) is 5.56. The van der Waals surface area contributed by atoms with Crippen molar-refractivity contribution in [2.24, 2.45) is 0 Å². The number of hydrogen-bond acceptors (Lipinski definition) is 2. The standard InChI is InChI=1S/C16H19Br2NO/c17-14-8-11(10-19-12-6-7-12)9-15(18)16(14)20-13-4-2-1-3-5-13/h2,4,8-9,12-13,19H,1,3,5-7,10H2. The van der Waals surface area contributed by atoms with Crippen molar-refractivity contribution >= 4 is 31.9 Å². The third-order valence-corrected chi connectivity index (χ3v) is 4.89. The Morgan fingerprint density at radius 2 is 1.90 bits per heavy atom. The minimum atomic E-state index is 0.201. The summed E-state index contributed by atoms with van der Waals surface area (Å²) < 4.78 is 8.16. The van der Waals surface area contributed by atoms with Gasteiger partial charge in [0.2, 0.25) is 0 Å². The van der Waals surface area contributed by atoms with Crippen molar-refractivity contribution in [3.05, 3.63) is 38.8 Å². The lowest BCUT2D eigenvalue weighted by molar-refractivity contribution is 0.227. The Kier molecular flexibility index (Phi) is 4.84. The molecule has 1 unspecified atom stereocenters. The minimum Gasteiger partial charge on any atom is -0.484 e. The molecule has 108 valence electrons. The van der Waals surface area contributed by atoms with Crippen LogP contribution in [-0.2, 0) is 6.54 Å². The third-order valence-electron chi connectivity index (χ3n) is 3.71. The Bertz CT molecular complexity index is 488. The van der Waals surface area contributed by atoms with Gasteiger partial charge in [0.25, 0.3) is 0 Å². The number of ether oxygens (including phenoxy) is 1. The van der Waals surface area contributed by atoms with E-state index in [1.807, 2.05) is 0 Å². The molecule has 1 fully saturated rings. The number of benzene rings is 1. The van der Waals surface area contributed by atoms with Crippen LogP contribution in [0.25, 0.3) is 0 Å². The maximum absolute atomic E-state index is 6.11. The molecule has 0 saturated heterocycles. The fraction of sp³-hybridized carbons (Fsp3) is 0.500. The summed E-state index contributed by atoms with van der Waals surface area (Å²) in [5.41, 5.74) is 1.28. The lowest BCUT2D eigenvalue weighted by Gasteiger charge is -2.21. The van der Waals surface area contributed by atoms with E-state index in [0.29, 0.717) is 0 Å². The van der Waals surface area contributed by atoms with E-state index in [0.717, 1.165) is 33.7 Å². The predicted molar refractivity (Wildman–Crippen MR) is 89.1 cm³/mol. The largest absolute Gasteiger partial charge is 0.484 e. The van der Waals surface area contributed by atoms with Gasteiger partial charge in [-0.25, -0.2) is 0 Å². The highest BCUT2D eigenvalue weighted by Crippen LogP contribution is 2.36. The quantitative estimate of drug-likeness (QED) is 0.706. The van der Waals surface area contributed by atoms with Crippen LogP contribution in [0.4, 0.5) is 0 Å². The van der Waals surface area contributed by atoms with Gasteiger partial charge in [-0.3, -0.25) is 0 Å². The van der Waals surface area contributed by atoms with Crippen LogP contribution in [0.2, 0.25) is 0 Å². The first-order valence-corrected chi connectivity index (χ1v) is 8.85. The van der Waals surface area contributed by atoms with Crippen LogP contribution in [0.1, 0.15) is 37.7 Å². The van der Waals surface area contributed by atoms with E-state index in [-0.39, 0.29) is 6.10 Å². The predicted octanol–water partition coefficient (Wildman–Crippen LogP) is 4.95. The van der Waals surface area contributed by atoms with E-state index in [2.05, 4.69) is 61.5 Å². The molecule has 0 bridgehead atoms. The van der Waals surface area contributed by atoms with Crippen LogP contribution in [0, 0.1) is 0 Å². The van der Waals surface area contributed by atoms with Crippen molar-refractivity contribution in [1.82, 2.24) is 5.32 Å². The first-order valence-electron chi connectivity index (χ1n) is 7.27. The number of halogens is 2. The minimum absolute atomic E-state index is 0.201. The lowest BCUT2D eigenvalue weighted by Crippen LogP contribution is -2.17. The average molecular weight is 401 g/mol. The van der Waals surface area contributed by atoms with Gasteiger partial charge in [-0.2, -0.15) is 0 Å². The highest BCUT2D eigenvalue weighted by atomic mass is 79.9. The summed E-state index contributed by atoms with van der Waals surface area (Å²) in [4.78, 5) is 0. The molecule has 0 spiro atoms. The Labute approximate surface area is 137 Å². The maximum Gasteiger partial charge on any atom is 0.148 e. The van der Waals surface area contributed by atoms with Gasteiger partial charge in [0.15, 0.2) is 0 Å². The highest BCUT2D eigenvalue weighted by molar-refractivity contribution is 9.11. The first kappa shape index (κ1) is 14.6. The third kappa shape index (κ3) is 3.86. The number of nitrogens with one attached hydrogen (secondary N) is 1. The van der Waals surface area contributed by atoms with Crippen LogP contribution in [0.5, 0.6) is 5.75 Å². The second-order valence-corrected chi connectivity index (χ2v) is 7.27. The smallest absolute Gasteiger partial charge is 0.148 e. The van der Waals surface area contributed by atoms with Gasteiger partial charge in [0.1, 0.15) is 11.9 Å². The maximum atomic E-state index is 6.11. The Morgan fingerprint density at radius 3 is 2.50 bits per heavy atom. The number of rotatable bonds is 5.